The highest BCUT2D eigenvalue weighted by Crippen LogP contribution is 2.18. The highest BCUT2D eigenvalue weighted by atomic mass is 16.5. The third kappa shape index (κ3) is 3.86. The third-order valence-electron chi connectivity index (χ3n) is 3.69. The fraction of sp³-hybridized carbons (Fsp3) is 0.278. The quantitative estimate of drug-likeness (QED) is 0.534. The minimum atomic E-state index is -0.446. The Hall–Kier alpha value is -2.33. The van der Waals surface area contributed by atoms with Gasteiger partial charge in [-0.2, -0.15) is 0 Å². The van der Waals surface area contributed by atoms with Crippen LogP contribution in [0.15, 0.2) is 36.7 Å². The van der Waals surface area contributed by atoms with Gasteiger partial charge >= 0.3 is 0 Å². The van der Waals surface area contributed by atoms with Gasteiger partial charge in [0.05, 0.1) is 0 Å². The first-order valence-electron chi connectivity index (χ1n) is 7.24. The summed E-state index contributed by atoms with van der Waals surface area (Å²) in [4.78, 5) is 11.3. The molecule has 1 amide bonds. The van der Waals surface area contributed by atoms with E-state index < -0.39 is 5.91 Å². The summed E-state index contributed by atoms with van der Waals surface area (Å²) in [5.74, 6) is -0.446. The number of hydrogen-bond acceptors (Lipinski definition) is 2. The van der Waals surface area contributed by atoms with Crippen LogP contribution in [0.25, 0.3) is 6.08 Å². The van der Waals surface area contributed by atoms with E-state index >= 15 is 0 Å². The van der Waals surface area contributed by atoms with E-state index in [-0.39, 0.29) is 0 Å². The van der Waals surface area contributed by atoms with E-state index in [1.807, 2.05) is 18.5 Å². The highest BCUT2D eigenvalue weighted by molar-refractivity contribution is 5.90. The van der Waals surface area contributed by atoms with E-state index in [2.05, 4.69) is 37.5 Å². The second-order valence-electron chi connectivity index (χ2n) is 5.69. The molecule has 1 aromatic carbocycles. The molecular weight excluding hydrogens is 276 g/mol. The number of rotatable bonds is 4. The van der Waals surface area contributed by atoms with E-state index in [0.29, 0.717) is 5.06 Å². The van der Waals surface area contributed by atoms with Gasteiger partial charge in [0.2, 0.25) is 0 Å². The molecule has 0 bridgehead atoms. The molecule has 2 aromatic rings. The minimum absolute atomic E-state index is 0.446. The predicted molar refractivity (Wildman–Crippen MR) is 87.8 cm³/mol. The number of carbonyl (C=O) groups excluding carboxylic acids is 1. The van der Waals surface area contributed by atoms with Crippen LogP contribution in [0.1, 0.15) is 27.8 Å². The van der Waals surface area contributed by atoms with Crippen molar-refractivity contribution in [3.63, 3.8) is 0 Å². The smallest absolute Gasteiger partial charge is 0.269 e. The molecule has 0 spiro atoms. The molecule has 0 aliphatic carbocycles. The van der Waals surface area contributed by atoms with Crippen molar-refractivity contribution in [1.29, 1.82) is 0 Å². The lowest BCUT2D eigenvalue weighted by atomic mass is 10.00. The Morgan fingerprint density at radius 2 is 1.91 bits per heavy atom. The number of nitrogens with zero attached hydrogens (tertiary/aromatic N) is 2. The maximum Gasteiger partial charge on any atom is 0.269 e. The van der Waals surface area contributed by atoms with Gasteiger partial charge in [-0.15, -0.1) is 0 Å². The molecule has 22 heavy (non-hydrogen) atoms. The molecule has 0 fully saturated rings. The summed E-state index contributed by atoms with van der Waals surface area (Å²) >= 11 is 0. The summed E-state index contributed by atoms with van der Waals surface area (Å²) in [6, 6.07) is 6.34. The van der Waals surface area contributed by atoms with Crippen molar-refractivity contribution < 1.29 is 10.0 Å². The lowest BCUT2D eigenvalue weighted by Crippen LogP contribution is -2.19. The molecule has 1 aromatic heterocycles. The van der Waals surface area contributed by atoms with E-state index in [1.54, 1.807) is 6.08 Å². The number of benzene rings is 1. The molecule has 1 heterocycles. The van der Waals surface area contributed by atoms with Gasteiger partial charge < -0.3 is 4.57 Å². The average Bonchev–Trinajstić information content (AvgIpc) is 2.87. The van der Waals surface area contributed by atoms with Crippen molar-refractivity contribution in [2.75, 3.05) is 7.05 Å². The molecule has 116 valence electrons. The summed E-state index contributed by atoms with van der Waals surface area (Å²) < 4.78 is 2.09. The van der Waals surface area contributed by atoms with Crippen LogP contribution >= 0.6 is 0 Å². The highest BCUT2D eigenvalue weighted by Gasteiger charge is 2.05. The first-order valence-corrected chi connectivity index (χ1v) is 7.24. The van der Waals surface area contributed by atoms with Crippen LogP contribution in [-0.4, -0.2) is 27.8 Å². The zero-order chi connectivity index (χ0) is 16.3. The van der Waals surface area contributed by atoms with Crippen LogP contribution in [0.3, 0.4) is 0 Å². The summed E-state index contributed by atoms with van der Waals surface area (Å²) in [5.41, 5.74) is 6.11. The van der Waals surface area contributed by atoms with Crippen molar-refractivity contribution in [3.8, 4) is 0 Å². The van der Waals surface area contributed by atoms with Gasteiger partial charge in [-0.25, -0.2) is 5.06 Å². The number of aryl methyl sites for hydroxylation is 3. The second kappa shape index (κ2) is 6.62. The maximum absolute atomic E-state index is 11.3. The van der Waals surface area contributed by atoms with Gasteiger partial charge in [0.25, 0.3) is 5.91 Å². The van der Waals surface area contributed by atoms with E-state index in [1.165, 1.54) is 35.4 Å². The first kappa shape index (κ1) is 16.0. The average molecular weight is 298 g/mol. The second-order valence-corrected chi connectivity index (χ2v) is 5.69. The number of likely N-dealkylation sites (N-methyl/N-ethyl adjacent to an activating group) is 1. The molecule has 0 unspecified atom stereocenters. The third-order valence-corrected chi connectivity index (χ3v) is 3.69. The molecule has 4 nitrogen and oxygen atoms in total. The van der Waals surface area contributed by atoms with Crippen LogP contribution in [0, 0.1) is 20.8 Å². The Kier molecular flexibility index (Phi) is 4.83. The van der Waals surface area contributed by atoms with Crippen molar-refractivity contribution >= 4 is 12.0 Å². The lowest BCUT2D eigenvalue weighted by Gasteiger charge is -2.12. The van der Waals surface area contributed by atoms with E-state index in [0.717, 1.165) is 12.1 Å². The van der Waals surface area contributed by atoms with Gasteiger partial charge in [0, 0.05) is 32.1 Å². The first-order chi connectivity index (χ1) is 10.4. The molecule has 0 saturated heterocycles. The molecule has 2 rings (SSSR count). The lowest BCUT2D eigenvalue weighted by molar-refractivity contribution is -0.153. The molecule has 0 saturated carbocycles. The summed E-state index contributed by atoms with van der Waals surface area (Å²) in [5, 5.41) is 9.57. The zero-order valence-corrected chi connectivity index (χ0v) is 13.5. The van der Waals surface area contributed by atoms with Crippen LogP contribution in [0.2, 0.25) is 0 Å². The maximum atomic E-state index is 11.3. The van der Waals surface area contributed by atoms with Crippen LogP contribution in [0.4, 0.5) is 0 Å². The monoisotopic (exact) mass is 298 g/mol. The summed E-state index contributed by atoms with van der Waals surface area (Å²) in [6.07, 6.45) is 7.02. The van der Waals surface area contributed by atoms with Crippen molar-refractivity contribution in [2.45, 2.75) is 27.3 Å². The standard InChI is InChI=1S/C18H22N2O2/c1-13-9-14(2)17(15(3)10-13)12-20-8-7-16(11-20)5-6-18(21)19(4)22/h5-11,22H,12H2,1-4H3/b6-5+. The largest absolute Gasteiger partial charge is 0.349 e. The molecular formula is C18H22N2O2. The van der Waals surface area contributed by atoms with E-state index in [9.17, 15) is 4.79 Å². The van der Waals surface area contributed by atoms with Crippen LogP contribution in [-0.2, 0) is 11.3 Å². The van der Waals surface area contributed by atoms with Gasteiger partial charge in [0.1, 0.15) is 0 Å². The van der Waals surface area contributed by atoms with Crippen molar-refractivity contribution in [1.82, 2.24) is 9.63 Å². The van der Waals surface area contributed by atoms with E-state index in [4.69, 9.17) is 5.21 Å². The Labute approximate surface area is 131 Å². The van der Waals surface area contributed by atoms with Gasteiger partial charge in [-0.05, 0) is 55.2 Å². The molecule has 0 aliphatic rings. The molecule has 1 N–H and O–H groups in total. The van der Waals surface area contributed by atoms with Crippen molar-refractivity contribution in [2.24, 2.45) is 0 Å². The van der Waals surface area contributed by atoms with Crippen molar-refractivity contribution in [3.05, 3.63) is 64.5 Å². The number of carbonyl (C=O) groups is 1. The van der Waals surface area contributed by atoms with Gasteiger partial charge in [-0.3, -0.25) is 10.0 Å². The normalized spacial score (nSPS) is 11.1. The topological polar surface area (TPSA) is 45.5 Å². The molecule has 4 heteroatoms. The zero-order valence-electron chi connectivity index (χ0n) is 13.5. The number of amides is 1. The molecule has 0 aliphatic heterocycles. The van der Waals surface area contributed by atoms with Crippen LogP contribution < -0.4 is 0 Å². The fourth-order valence-electron chi connectivity index (χ4n) is 2.57. The van der Waals surface area contributed by atoms with Gasteiger partial charge in [-0.1, -0.05) is 17.7 Å². The summed E-state index contributed by atoms with van der Waals surface area (Å²) in [6.45, 7) is 7.18. The number of hydroxylamine groups is 2. The van der Waals surface area contributed by atoms with Crippen LogP contribution in [0.5, 0.6) is 0 Å². The number of hydrogen-bond donors (Lipinski definition) is 1. The molecule has 0 atom stereocenters. The predicted octanol–water partition coefficient (Wildman–Crippen LogP) is 3.32. The Balaban J connectivity index is 2.15. The molecule has 0 radical (unpaired) electrons. The van der Waals surface area contributed by atoms with Gasteiger partial charge in [0.15, 0.2) is 0 Å². The minimum Gasteiger partial charge on any atom is -0.349 e. The SMILES string of the molecule is Cc1cc(C)c(Cn2ccc(/C=C/C(=O)N(C)O)c2)c(C)c1. The summed E-state index contributed by atoms with van der Waals surface area (Å²) in [7, 11) is 1.31. The Bertz CT molecular complexity index is 689. The Morgan fingerprint density at radius 1 is 1.27 bits per heavy atom. The Morgan fingerprint density at radius 3 is 2.50 bits per heavy atom. The number of aromatic nitrogens is 1. The fourth-order valence-corrected chi connectivity index (χ4v) is 2.57.